The second-order valence-electron chi connectivity index (χ2n) is 27.9. The van der Waals surface area contributed by atoms with Crippen LogP contribution in [0, 0.1) is 0 Å². The predicted octanol–water partition coefficient (Wildman–Crippen LogP) is 22.2. The number of amides is 1. The number of hydrogen-bond acceptors (Lipinski definition) is 8. The van der Waals surface area contributed by atoms with Crippen LogP contribution in [-0.4, -0.2) is 87.5 Å². The van der Waals surface area contributed by atoms with Gasteiger partial charge in [-0.2, -0.15) is 0 Å². The van der Waals surface area contributed by atoms with Crippen LogP contribution in [0.4, 0.5) is 0 Å². The molecule has 9 nitrogen and oxygen atoms in total. The SMILES string of the molecule is CCCCCCCCCCCCCCCCCCCCCCCCCCCCCCC/C=C/C(O)C(COC1OC(CO)C(O)C(O)C1O)NC(=O)CCCCCCCCCCCCCCCCCCCCCCCCCCCCCCCCCCC. The fraction of sp³-hybridized carbons (Fsp3) is 0.962. The molecule has 1 amide bonds. The Labute approximate surface area is 541 Å². The quantitative estimate of drug-likeness (QED) is 0.0261. The number of unbranched alkanes of at least 4 members (excludes halogenated alkanes) is 61. The van der Waals surface area contributed by atoms with Gasteiger partial charge in [0.05, 0.1) is 25.4 Å². The Hall–Kier alpha value is -1.07. The van der Waals surface area contributed by atoms with Crippen LogP contribution in [0.2, 0.25) is 0 Å². The summed E-state index contributed by atoms with van der Waals surface area (Å²) in [5.74, 6) is -0.165. The molecule has 518 valence electrons. The van der Waals surface area contributed by atoms with Gasteiger partial charge in [0, 0.05) is 6.42 Å². The first kappa shape index (κ1) is 83.9. The normalized spacial score (nSPS) is 17.9. The smallest absolute Gasteiger partial charge is 0.220 e. The minimum atomic E-state index is -1.57. The first-order chi connectivity index (χ1) is 42.8. The topological polar surface area (TPSA) is 149 Å². The van der Waals surface area contributed by atoms with Gasteiger partial charge in [0.2, 0.25) is 5.91 Å². The lowest BCUT2D eigenvalue weighted by molar-refractivity contribution is -0.302. The van der Waals surface area contributed by atoms with Crippen LogP contribution in [-0.2, 0) is 14.3 Å². The zero-order chi connectivity index (χ0) is 62.8. The zero-order valence-corrected chi connectivity index (χ0v) is 58.3. The largest absolute Gasteiger partial charge is 0.394 e. The van der Waals surface area contributed by atoms with Crippen LogP contribution in [0.1, 0.15) is 425 Å². The van der Waals surface area contributed by atoms with Gasteiger partial charge in [0.1, 0.15) is 24.4 Å². The molecule has 0 saturated carbocycles. The lowest BCUT2D eigenvalue weighted by atomic mass is 9.99. The highest BCUT2D eigenvalue weighted by molar-refractivity contribution is 5.76. The van der Waals surface area contributed by atoms with E-state index in [1.165, 1.54) is 366 Å². The van der Waals surface area contributed by atoms with E-state index in [9.17, 15) is 30.3 Å². The summed E-state index contributed by atoms with van der Waals surface area (Å²) in [5.41, 5.74) is 0. The first-order valence-electron chi connectivity index (χ1n) is 39.4. The standard InChI is InChI=1S/C78H153NO8/c1-3-5-7-9-11-13-15-17-19-21-23-25-27-29-31-33-35-36-38-40-42-44-46-48-50-52-54-56-58-60-62-64-66-68-74(82)79-71(70-86-78-77(85)76(84)75(83)73(69-80)87-78)72(81)67-65-63-61-59-57-55-53-51-49-47-45-43-41-39-37-34-32-30-28-26-24-22-20-18-16-14-12-10-8-6-4-2/h65,67,71-73,75-78,80-81,83-85H,3-64,66,68-70H2,1-2H3,(H,79,82)/b67-65+. The monoisotopic (exact) mass is 1230 g/mol. The molecule has 7 atom stereocenters. The summed E-state index contributed by atoms with van der Waals surface area (Å²) in [4.78, 5) is 13.2. The van der Waals surface area contributed by atoms with Crippen LogP contribution in [0.5, 0.6) is 0 Å². The molecule has 0 aromatic rings. The third-order valence-corrected chi connectivity index (χ3v) is 19.4. The molecule has 1 saturated heterocycles. The van der Waals surface area contributed by atoms with Crippen LogP contribution in [0.25, 0.3) is 0 Å². The number of carbonyl (C=O) groups excluding carboxylic acids is 1. The van der Waals surface area contributed by atoms with Gasteiger partial charge in [0.15, 0.2) is 6.29 Å². The van der Waals surface area contributed by atoms with Gasteiger partial charge in [-0.05, 0) is 19.3 Å². The van der Waals surface area contributed by atoms with Crippen molar-refractivity contribution in [3.05, 3.63) is 12.2 Å². The van der Waals surface area contributed by atoms with Crippen molar-refractivity contribution >= 4 is 5.91 Å². The molecule has 1 aliphatic heterocycles. The molecule has 0 radical (unpaired) electrons. The Kier molecular flexibility index (Phi) is 65.4. The van der Waals surface area contributed by atoms with Gasteiger partial charge in [-0.15, -0.1) is 0 Å². The molecule has 0 aromatic heterocycles. The van der Waals surface area contributed by atoms with E-state index in [0.717, 1.165) is 38.5 Å². The minimum absolute atomic E-state index is 0.165. The summed E-state index contributed by atoms with van der Waals surface area (Å²) in [6.07, 6.45) is 82.2. The van der Waals surface area contributed by atoms with E-state index >= 15 is 0 Å². The van der Waals surface area contributed by atoms with Gasteiger partial charge < -0.3 is 40.3 Å². The van der Waals surface area contributed by atoms with Crippen LogP contribution >= 0.6 is 0 Å². The predicted molar refractivity (Wildman–Crippen MR) is 374 cm³/mol. The van der Waals surface area contributed by atoms with Crippen molar-refractivity contribution in [2.45, 2.75) is 468 Å². The molecule has 87 heavy (non-hydrogen) atoms. The van der Waals surface area contributed by atoms with Crippen molar-refractivity contribution in [1.82, 2.24) is 5.32 Å². The lowest BCUT2D eigenvalue weighted by Crippen LogP contribution is -2.60. The number of ether oxygens (including phenoxy) is 2. The number of allylic oxidation sites excluding steroid dienone is 1. The Bertz CT molecular complexity index is 1380. The molecule has 1 aliphatic rings. The highest BCUT2D eigenvalue weighted by Gasteiger charge is 2.44. The molecule has 9 heteroatoms. The molecule has 7 unspecified atom stereocenters. The Morgan fingerprint density at radius 3 is 0.897 bits per heavy atom. The summed E-state index contributed by atoms with van der Waals surface area (Å²) in [6.45, 7) is 3.86. The fourth-order valence-electron chi connectivity index (χ4n) is 13.2. The van der Waals surface area contributed by atoms with Crippen molar-refractivity contribution < 1.29 is 39.8 Å². The van der Waals surface area contributed by atoms with Crippen molar-refractivity contribution in [3.8, 4) is 0 Å². The molecule has 1 fully saturated rings. The third kappa shape index (κ3) is 56.2. The number of aliphatic hydroxyl groups is 5. The van der Waals surface area contributed by atoms with E-state index in [0.29, 0.717) is 6.42 Å². The second kappa shape index (κ2) is 67.8. The molecule has 0 aromatic carbocycles. The average molecular weight is 1230 g/mol. The Balaban J connectivity index is 2.06. The molecule has 0 bridgehead atoms. The van der Waals surface area contributed by atoms with Gasteiger partial charge in [0.25, 0.3) is 0 Å². The van der Waals surface area contributed by atoms with Gasteiger partial charge in [-0.3, -0.25) is 4.79 Å². The first-order valence-corrected chi connectivity index (χ1v) is 39.4. The molecular formula is C78H153NO8. The highest BCUT2D eigenvalue weighted by atomic mass is 16.7. The van der Waals surface area contributed by atoms with Crippen LogP contribution in [0.3, 0.4) is 0 Å². The van der Waals surface area contributed by atoms with Crippen molar-refractivity contribution in [1.29, 1.82) is 0 Å². The average Bonchev–Trinajstić information content (AvgIpc) is 3.47. The minimum Gasteiger partial charge on any atom is -0.394 e. The van der Waals surface area contributed by atoms with Crippen molar-refractivity contribution in [3.63, 3.8) is 0 Å². The summed E-state index contributed by atoms with van der Waals surface area (Å²) in [5, 5.41) is 54.9. The molecule has 1 heterocycles. The van der Waals surface area contributed by atoms with Gasteiger partial charge in [-0.1, -0.05) is 411 Å². The molecule has 1 rings (SSSR count). The van der Waals surface area contributed by atoms with Crippen LogP contribution in [0.15, 0.2) is 12.2 Å². The van der Waals surface area contributed by atoms with E-state index in [4.69, 9.17) is 9.47 Å². The number of rotatable bonds is 71. The third-order valence-electron chi connectivity index (χ3n) is 19.4. The molecule has 0 aliphatic carbocycles. The fourth-order valence-corrected chi connectivity index (χ4v) is 13.2. The van der Waals surface area contributed by atoms with E-state index in [1.54, 1.807) is 6.08 Å². The Morgan fingerprint density at radius 1 is 0.379 bits per heavy atom. The summed E-state index contributed by atoms with van der Waals surface area (Å²) >= 11 is 0. The summed E-state index contributed by atoms with van der Waals surface area (Å²) < 4.78 is 11.3. The highest BCUT2D eigenvalue weighted by Crippen LogP contribution is 2.24. The number of nitrogens with one attached hydrogen (secondary N) is 1. The lowest BCUT2D eigenvalue weighted by Gasteiger charge is -2.40. The van der Waals surface area contributed by atoms with Crippen molar-refractivity contribution in [2.75, 3.05) is 13.2 Å². The maximum Gasteiger partial charge on any atom is 0.220 e. The number of aliphatic hydroxyl groups excluding tert-OH is 5. The number of hydrogen-bond donors (Lipinski definition) is 6. The second-order valence-corrected chi connectivity index (χ2v) is 27.9. The Morgan fingerprint density at radius 2 is 0.632 bits per heavy atom. The maximum absolute atomic E-state index is 13.2. The summed E-state index contributed by atoms with van der Waals surface area (Å²) in [7, 11) is 0. The van der Waals surface area contributed by atoms with Crippen LogP contribution < -0.4 is 5.32 Å². The summed E-state index contributed by atoms with van der Waals surface area (Å²) in [6, 6.07) is -0.803. The van der Waals surface area contributed by atoms with E-state index in [2.05, 4.69) is 19.2 Å². The van der Waals surface area contributed by atoms with E-state index < -0.39 is 49.5 Å². The molecular weight excluding hydrogens is 1080 g/mol. The zero-order valence-electron chi connectivity index (χ0n) is 58.3. The van der Waals surface area contributed by atoms with Crippen molar-refractivity contribution in [2.24, 2.45) is 0 Å². The molecule has 6 N–H and O–H groups in total. The van der Waals surface area contributed by atoms with E-state index in [1.807, 2.05) is 6.08 Å². The van der Waals surface area contributed by atoms with Gasteiger partial charge >= 0.3 is 0 Å². The maximum atomic E-state index is 13.2. The van der Waals surface area contributed by atoms with Gasteiger partial charge in [-0.25, -0.2) is 0 Å². The number of carbonyl (C=O) groups is 1. The van der Waals surface area contributed by atoms with E-state index in [-0.39, 0.29) is 12.5 Å². The molecule has 0 spiro atoms.